The summed E-state index contributed by atoms with van der Waals surface area (Å²) in [5, 5.41) is 13.5. The Morgan fingerprint density at radius 1 is 1.53 bits per heavy atom. The maximum atomic E-state index is 10.4. The van der Waals surface area contributed by atoms with Crippen LogP contribution in [0.1, 0.15) is 12.8 Å². The van der Waals surface area contributed by atoms with Crippen LogP contribution in [0.15, 0.2) is 18.3 Å². The van der Waals surface area contributed by atoms with Gasteiger partial charge in [-0.3, -0.25) is 0 Å². The summed E-state index contributed by atoms with van der Waals surface area (Å²) in [6, 6.07) is 3.03. The number of ether oxygens (including phenoxy) is 1. The minimum atomic E-state index is -0.511. The molecule has 0 unspecified atom stereocenters. The zero-order valence-corrected chi connectivity index (χ0v) is 9.46. The summed E-state index contributed by atoms with van der Waals surface area (Å²) in [5.74, 6) is 0.636. The Morgan fingerprint density at radius 2 is 2.35 bits per heavy atom. The van der Waals surface area contributed by atoms with E-state index in [0.717, 1.165) is 18.2 Å². The van der Waals surface area contributed by atoms with Crippen LogP contribution in [-0.4, -0.2) is 29.7 Å². The zero-order chi connectivity index (χ0) is 12.1. The molecule has 92 valence electrons. The SMILES string of the molecule is O=[N+]([O-])c1ccc(NCCOCC2CC2)cn1. The highest BCUT2D eigenvalue weighted by molar-refractivity contribution is 5.43. The molecule has 0 amide bonds. The average molecular weight is 237 g/mol. The van der Waals surface area contributed by atoms with Gasteiger partial charge in [0.1, 0.15) is 0 Å². The number of pyridine rings is 1. The third-order valence-corrected chi connectivity index (χ3v) is 2.56. The normalized spacial score (nSPS) is 14.6. The van der Waals surface area contributed by atoms with Gasteiger partial charge in [-0.05, 0) is 34.7 Å². The van der Waals surface area contributed by atoms with Crippen LogP contribution in [-0.2, 0) is 4.74 Å². The number of hydrogen-bond acceptors (Lipinski definition) is 5. The second-order valence-electron chi connectivity index (χ2n) is 4.11. The van der Waals surface area contributed by atoms with E-state index in [1.165, 1.54) is 25.1 Å². The molecule has 0 aliphatic heterocycles. The Balaban J connectivity index is 1.65. The summed E-state index contributed by atoms with van der Waals surface area (Å²) in [4.78, 5) is 13.6. The fourth-order valence-electron chi connectivity index (χ4n) is 1.40. The van der Waals surface area contributed by atoms with Crippen molar-refractivity contribution in [3.8, 4) is 0 Å². The zero-order valence-electron chi connectivity index (χ0n) is 9.46. The Morgan fingerprint density at radius 3 is 2.94 bits per heavy atom. The lowest BCUT2D eigenvalue weighted by molar-refractivity contribution is -0.389. The van der Waals surface area contributed by atoms with E-state index >= 15 is 0 Å². The topological polar surface area (TPSA) is 77.3 Å². The maximum Gasteiger partial charge on any atom is 0.363 e. The molecule has 1 fully saturated rings. The molecular weight excluding hydrogens is 222 g/mol. The molecule has 0 atom stereocenters. The van der Waals surface area contributed by atoms with Crippen molar-refractivity contribution >= 4 is 11.5 Å². The molecule has 6 nitrogen and oxygen atoms in total. The van der Waals surface area contributed by atoms with Crippen molar-refractivity contribution in [2.45, 2.75) is 12.8 Å². The van der Waals surface area contributed by atoms with E-state index < -0.39 is 4.92 Å². The smallest absolute Gasteiger partial charge is 0.363 e. The van der Waals surface area contributed by atoms with Crippen molar-refractivity contribution in [3.63, 3.8) is 0 Å². The van der Waals surface area contributed by atoms with Gasteiger partial charge in [-0.25, -0.2) is 0 Å². The lowest BCUT2D eigenvalue weighted by Gasteiger charge is -2.05. The standard InChI is InChI=1S/C11H15N3O3/c15-14(16)11-4-3-10(7-13-11)12-5-6-17-8-9-1-2-9/h3-4,7,9,12H,1-2,5-6,8H2. The van der Waals surface area contributed by atoms with Crippen LogP contribution >= 0.6 is 0 Å². The maximum absolute atomic E-state index is 10.4. The molecule has 0 spiro atoms. The van der Waals surface area contributed by atoms with Gasteiger partial charge in [-0.15, -0.1) is 0 Å². The van der Waals surface area contributed by atoms with Crippen LogP contribution in [0.5, 0.6) is 0 Å². The third kappa shape index (κ3) is 3.99. The van der Waals surface area contributed by atoms with E-state index in [1.807, 2.05) is 0 Å². The summed E-state index contributed by atoms with van der Waals surface area (Å²) in [6.45, 7) is 2.18. The van der Waals surface area contributed by atoms with Gasteiger partial charge in [-0.1, -0.05) is 0 Å². The van der Waals surface area contributed by atoms with Crippen LogP contribution in [0, 0.1) is 16.0 Å². The fourth-order valence-corrected chi connectivity index (χ4v) is 1.40. The quantitative estimate of drug-likeness (QED) is 0.444. The van der Waals surface area contributed by atoms with Gasteiger partial charge in [0.05, 0.1) is 12.3 Å². The fraction of sp³-hybridized carbons (Fsp3) is 0.545. The number of aromatic nitrogens is 1. The van der Waals surface area contributed by atoms with Crippen LogP contribution in [0.25, 0.3) is 0 Å². The molecule has 2 rings (SSSR count). The first-order chi connectivity index (χ1) is 8.25. The van der Waals surface area contributed by atoms with E-state index in [2.05, 4.69) is 10.3 Å². The molecule has 1 N–H and O–H groups in total. The molecule has 6 heteroatoms. The molecule has 0 radical (unpaired) electrons. The largest absolute Gasteiger partial charge is 0.380 e. The molecule has 1 saturated carbocycles. The summed E-state index contributed by atoms with van der Waals surface area (Å²) in [6.07, 6.45) is 4.04. The monoisotopic (exact) mass is 237 g/mol. The van der Waals surface area contributed by atoms with E-state index in [0.29, 0.717) is 13.2 Å². The molecule has 17 heavy (non-hydrogen) atoms. The average Bonchev–Trinajstić information content (AvgIpc) is 3.13. The summed E-state index contributed by atoms with van der Waals surface area (Å²) in [7, 11) is 0. The molecule has 0 aromatic carbocycles. The van der Waals surface area contributed by atoms with Crippen molar-refractivity contribution < 1.29 is 9.66 Å². The van der Waals surface area contributed by atoms with Gasteiger partial charge in [-0.2, -0.15) is 0 Å². The second-order valence-corrected chi connectivity index (χ2v) is 4.11. The lowest BCUT2D eigenvalue weighted by atomic mass is 10.4. The predicted molar refractivity (Wildman–Crippen MR) is 62.9 cm³/mol. The Labute approximate surface area is 99.2 Å². The highest BCUT2D eigenvalue weighted by Crippen LogP contribution is 2.28. The van der Waals surface area contributed by atoms with Crippen molar-refractivity contribution in [1.82, 2.24) is 4.98 Å². The Bertz CT molecular complexity index is 376. The molecule has 0 saturated heterocycles. The summed E-state index contributed by atoms with van der Waals surface area (Å²) in [5.41, 5.74) is 0.769. The first-order valence-corrected chi connectivity index (χ1v) is 5.68. The van der Waals surface area contributed by atoms with Crippen molar-refractivity contribution in [3.05, 3.63) is 28.4 Å². The van der Waals surface area contributed by atoms with Gasteiger partial charge < -0.3 is 20.2 Å². The highest BCUT2D eigenvalue weighted by atomic mass is 16.6. The van der Waals surface area contributed by atoms with Crippen LogP contribution < -0.4 is 5.32 Å². The third-order valence-electron chi connectivity index (χ3n) is 2.56. The number of hydrogen-bond donors (Lipinski definition) is 1. The number of nitrogens with one attached hydrogen (secondary N) is 1. The van der Waals surface area contributed by atoms with Crippen LogP contribution in [0.4, 0.5) is 11.5 Å². The highest BCUT2D eigenvalue weighted by Gasteiger charge is 2.20. The number of rotatable bonds is 7. The van der Waals surface area contributed by atoms with Crippen molar-refractivity contribution in [1.29, 1.82) is 0 Å². The Hall–Kier alpha value is -1.69. The van der Waals surface area contributed by atoms with Crippen molar-refractivity contribution in [2.75, 3.05) is 25.1 Å². The first kappa shape index (κ1) is 11.8. The molecule has 1 aromatic rings. The van der Waals surface area contributed by atoms with Crippen LogP contribution in [0.2, 0.25) is 0 Å². The summed E-state index contributed by atoms with van der Waals surface area (Å²) >= 11 is 0. The lowest BCUT2D eigenvalue weighted by Crippen LogP contribution is -2.10. The van der Waals surface area contributed by atoms with Gasteiger partial charge in [0.2, 0.25) is 0 Å². The van der Waals surface area contributed by atoms with Gasteiger partial charge in [0.15, 0.2) is 6.20 Å². The van der Waals surface area contributed by atoms with E-state index in [9.17, 15) is 10.1 Å². The van der Waals surface area contributed by atoms with Gasteiger partial charge in [0.25, 0.3) is 0 Å². The van der Waals surface area contributed by atoms with Gasteiger partial charge >= 0.3 is 5.82 Å². The van der Waals surface area contributed by atoms with Gasteiger partial charge in [0, 0.05) is 19.2 Å². The number of nitro groups is 1. The second kappa shape index (κ2) is 5.58. The number of anilines is 1. The molecule has 1 aliphatic rings. The van der Waals surface area contributed by atoms with Crippen LogP contribution in [0.3, 0.4) is 0 Å². The predicted octanol–water partition coefficient (Wildman–Crippen LogP) is 1.83. The minimum Gasteiger partial charge on any atom is -0.380 e. The molecular formula is C11H15N3O3. The van der Waals surface area contributed by atoms with E-state index in [-0.39, 0.29) is 5.82 Å². The Kier molecular flexibility index (Phi) is 3.87. The summed E-state index contributed by atoms with van der Waals surface area (Å²) < 4.78 is 5.45. The molecule has 1 aromatic heterocycles. The van der Waals surface area contributed by atoms with Crippen molar-refractivity contribution in [2.24, 2.45) is 5.92 Å². The van der Waals surface area contributed by atoms with E-state index in [4.69, 9.17) is 4.74 Å². The molecule has 1 aliphatic carbocycles. The minimum absolute atomic E-state index is 0.138. The molecule has 1 heterocycles. The molecule has 0 bridgehead atoms. The van der Waals surface area contributed by atoms with E-state index in [1.54, 1.807) is 6.07 Å². The number of nitrogens with zero attached hydrogens (tertiary/aromatic N) is 2. The first-order valence-electron chi connectivity index (χ1n) is 5.68.